The topological polar surface area (TPSA) is 50.9 Å². The number of rotatable bonds is 1. The first-order chi connectivity index (χ1) is 4.33. The summed E-state index contributed by atoms with van der Waals surface area (Å²) in [6.45, 7) is 0. The number of hydrazine groups is 1. The summed E-state index contributed by atoms with van der Waals surface area (Å²) in [5, 5.41) is 0. The second-order valence-corrected chi connectivity index (χ2v) is 1.62. The zero-order chi connectivity index (χ0) is 6.69. The van der Waals surface area contributed by atoms with E-state index in [1.54, 1.807) is 18.3 Å². The minimum Gasteiger partial charge on any atom is -0.323 e. The van der Waals surface area contributed by atoms with Crippen LogP contribution in [0.1, 0.15) is 0 Å². The van der Waals surface area contributed by atoms with Crippen molar-refractivity contribution in [1.29, 1.82) is 0 Å². The lowest BCUT2D eigenvalue weighted by atomic mass is 10.0. The van der Waals surface area contributed by atoms with Crippen molar-refractivity contribution in [3.8, 4) is 0 Å². The van der Waals surface area contributed by atoms with Gasteiger partial charge in [-0.1, -0.05) is 0 Å². The summed E-state index contributed by atoms with van der Waals surface area (Å²) in [6.07, 6.45) is 1.56. The molecule has 3 nitrogen and oxygen atoms in total. The number of aromatic nitrogens is 1. The molecule has 0 atom stereocenters. The van der Waals surface area contributed by atoms with Crippen LogP contribution in [0.5, 0.6) is 0 Å². The number of nitrogens with one attached hydrogen (secondary N) is 1. The Hall–Kier alpha value is -1.03. The van der Waals surface area contributed by atoms with Gasteiger partial charge in [0.1, 0.15) is 7.85 Å². The van der Waals surface area contributed by atoms with E-state index in [0.717, 1.165) is 5.69 Å². The molecule has 0 aliphatic heterocycles. The van der Waals surface area contributed by atoms with Crippen molar-refractivity contribution in [2.45, 2.75) is 0 Å². The second-order valence-electron chi connectivity index (χ2n) is 1.62. The number of nitrogens with two attached hydrogens (primary N) is 1. The lowest BCUT2D eigenvalue weighted by Gasteiger charge is -1.96. The van der Waals surface area contributed by atoms with Crippen molar-refractivity contribution in [3.63, 3.8) is 0 Å². The van der Waals surface area contributed by atoms with Gasteiger partial charge in [-0.15, -0.1) is 0 Å². The zero-order valence-corrected chi connectivity index (χ0v) is 4.83. The standard InChI is InChI=1S/C5H6BN3/c6-5-2-1-4(9-7)3-8-5/h1-3,9H,7H2. The van der Waals surface area contributed by atoms with Crippen LogP contribution < -0.4 is 16.9 Å². The highest BCUT2D eigenvalue weighted by Crippen LogP contribution is 1.96. The highest BCUT2D eigenvalue weighted by Gasteiger charge is 1.85. The maximum atomic E-state index is 5.30. The van der Waals surface area contributed by atoms with Crippen LogP contribution in [0, 0.1) is 0 Å². The van der Waals surface area contributed by atoms with E-state index in [1.165, 1.54) is 0 Å². The van der Waals surface area contributed by atoms with Gasteiger partial charge >= 0.3 is 0 Å². The van der Waals surface area contributed by atoms with Crippen LogP contribution in [0.2, 0.25) is 0 Å². The molecular formula is C5H6BN3. The monoisotopic (exact) mass is 119 g/mol. The molecule has 1 heterocycles. The van der Waals surface area contributed by atoms with Gasteiger partial charge in [0, 0.05) is 0 Å². The Morgan fingerprint density at radius 1 is 1.56 bits per heavy atom. The predicted molar refractivity (Wildman–Crippen MR) is 37.4 cm³/mol. The summed E-state index contributed by atoms with van der Waals surface area (Å²) in [6, 6.07) is 3.43. The van der Waals surface area contributed by atoms with E-state index in [4.69, 9.17) is 13.7 Å². The largest absolute Gasteiger partial charge is 0.323 e. The van der Waals surface area contributed by atoms with Crippen molar-refractivity contribution in [2.75, 3.05) is 5.43 Å². The first-order valence-electron chi connectivity index (χ1n) is 2.51. The average molecular weight is 119 g/mol. The molecular weight excluding hydrogens is 113 g/mol. The molecule has 0 aliphatic rings. The smallest absolute Gasteiger partial charge is 0.141 e. The molecule has 1 aromatic heterocycles. The van der Waals surface area contributed by atoms with E-state index in [0.29, 0.717) is 5.59 Å². The Morgan fingerprint density at radius 2 is 2.33 bits per heavy atom. The molecule has 0 unspecified atom stereocenters. The first-order valence-corrected chi connectivity index (χ1v) is 2.51. The molecule has 0 spiro atoms. The maximum Gasteiger partial charge on any atom is 0.141 e. The molecule has 0 fully saturated rings. The number of nitrogens with zero attached hydrogens (tertiary/aromatic N) is 1. The SMILES string of the molecule is [B]c1ccc(NN)cn1. The summed E-state index contributed by atoms with van der Waals surface area (Å²) >= 11 is 0. The third kappa shape index (κ3) is 1.43. The van der Waals surface area contributed by atoms with E-state index in [1.807, 2.05) is 0 Å². The van der Waals surface area contributed by atoms with Crippen LogP contribution in [0.4, 0.5) is 5.69 Å². The van der Waals surface area contributed by atoms with Gasteiger partial charge in [0.2, 0.25) is 0 Å². The Morgan fingerprint density at radius 3 is 2.78 bits per heavy atom. The molecule has 0 aromatic carbocycles. The van der Waals surface area contributed by atoms with Gasteiger partial charge in [-0.05, 0) is 17.7 Å². The summed E-state index contributed by atoms with van der Waals surface area (Å²) in [4.78, 5) is 3.79. The number of pyridine rings is 1. The van der Waals surface area contributed by atoms with E-state index < -0.39 is 0 Å². The molecule has 44 valence electrons. The molecule has 0 aliphatic carbocycles. The van der Waals surface area contributed by atoms with E-state index in [-0.39, 0.29) is 0 Å². The molecule has 4 heteroatoms. The molecule has 1 aromatic rings. The van der Waals surface area contributed by atoms with Crippen LogP contribution in [0.25, 0.3) is 0 Å². The van der Waals surface area contributed by atoms with Gasteiger partial charge in [-0.25, -0.2) is 0 Å². The fraction of sp³-hybridized carbons (Fsp3) is 0. The minimum atomic E-state index is 0.494. The first kappa shape index (κ1) is 6.10. The molecule has 0 saturated heterocycles. The van der Waals surface area contributed by atoms with Crippen LogP contribution in [0.3, 0.4) is 0 Å². The van der Waals surface area contributed by atoms with Crippen molar-refractivity contribution in [2.24, 2.45) is 5.84 Å². The fourth-order valence-corrected chi connectivity index (χ4v) is 0.491. The third-order valence-corrected chi connectivity index (χ3v) is 0.953. The number of anilines is 1. The lowest BCUT2D eigenvalue weighted by molar-refractivity contribution is 1.30. The molecule has 9 heavy (non-hydrogen) atoms. The summed E-state index contributed by atoms with van der Waals surface area (Å²) in [5.74, 6) is 5.07. The van der Waals surface area contributed by atoms with E-state index >= 15 is 0 Å². The van der Waals surface area contributed by atoms with E-state index in [9.17, 15) is 0 Å². The van der Waals surface area contributed by atoms with E-state index in [2.05, 4.69) is 10.4 Å². The van der Waals surface area contributed by atoms with Gasteiger partial charge in [0.05, 0.1) is 11.9 Å². The summed E-state index contributed by atoms with van der Waals surface area (Å²) < 4.78 is 0. The van der Waals surface area contributed by atoms with Crippen LogP contribution >= 0.6 is 0 Å². The highest BCUT2D eigenvalue weighted by atomic mass is 15.2. The Kier molecular flexibility index (Phi) is 1.70. The molecule has 1 rings (SSSR count). The van der Waals surface area contributed by atoms with Gasteiger partial charge < -0.3 is 5.43 Å². The lowest BCUT2D eigenvalue weighted by Crippen LogP contribution is -2.11. The maximum absolute atomic E-state index is 5.30. The highest BCUT2D eigenvalue weighted by molar-refractivity contribution is 6.30. The quantitative estimate of drug-likeness (QED) is 0.288. The number of hydrogen-bond donors (Lipinski definition) is 2. The minimum absolute atomic E-state index is 0.494. The molecule has 0 bridgehead atoms. The second kappa shape index (κ2) is 2.50. The summed E-state index contributed by atoms with van der Waals surface area (Å²) in [7, 11) is 5.30. The van der Waals surface area contributed by atoms with Crippen molar-refractivity contribution < 1.29 is 0 Å². The summed E-state index contributed by atoms with van der Waals surface area (Å²) in [5.41, 5.74) is 3.68. The third-order valence-electron chi connectivity index (χ3n) is 0.953. The van der Waals surface area contributed by atoms with Crippen LogP contribution in [0.15, 0.2) is 18.3 Å². The predicted octanol–water partition coefficient (Wildman–Crippen LogP) is -0.839. The van der Waals surface area contributed by atoms with Gasteiger partial charge in [0.15, 0.2) is 0 Å². The number of nitrogen functional groups attached to an aromatic ring is 1. The van der Waals surface area contributed by atoms with Gasteiger partial charge in [-0.3, -0.25) is 10.8 Å². The van der Waals surface area contributed by atoms with Crippen molar-refractivity contribution >= 4 is 19.1 Å². The van der Waals surface area contributed by atoms with Gasteiger partial charge in [0.25, 0.3) is 0 Å². The van der Waals surface area contributed by atoms with Crippen LogP contribution in [-0.2, 0) is 0 Å². The zero-order valence-electron chi connectivity index (χ0n) is 4.83. The van der Waals surface area contributed by atoms with Crippen molar-refractivity contribution in [3.05, 3.63) is 18.3 Å². The molecule has 2 radical (unpaired) electrons. The van der Waals surface area contributed by atoms with Crippen LogP contribution in [-0.4, -0.2) is 12.8 Å². The normalized spacial score (nSPS) is 9.00. The van der Waals surface area contributed by atoms with Gasteiger partial charge in [-0.2, -0.15) is 0 Å². The Balaban J connectivity index is 2.88. The number of hydrogen-bond acceptors (Lipinski definition) is 3. The Labute approximate surface area is 54.7 Å². The average Bonchev–Trinajstić information content (AvgIpc) is 1.90. The Bertz CT molecular complexity index is 184. The molecule has 0 amide bonds. The molecule has 0 saturated carbocycles. The fourth-order valence-electron chi connectivity index (χ4n) is 0.491. The molecule has 3 N–H and O–H groups in total. The van der Waals surface area contributed by atoms with Crippen molar-refractivity contribution in [1.82, 2.24) is 4.98 Å².